The fraction of sp³-hybridized carbons (Fsp3) is 0.133. The molecule has 0 aliphatic carbocycles. The molecule has 2 aromatic rings. The molecule has 0 N–H and O–H groups in total. The van der Waals surface area contributed by atoms with Gasteiger partial charge in [0.25, 0.3) is 0 Å². The largest absolute Gasteiger partial charge is 0.485 e. The van der Waals surface area contributed by atoms with Crippen LogP contribution in [0, 0.1) is 6.92 Å². The lowest BCUT2D eigenvalue weighted by molar-refractivity contribution is 0.0921. The van der Waals surface area contributed by atoms with Gasteiger partial charge in [-0.2, -0.15) is 0 Å². The second kappa shape index (κ2) is 5.69. The second-order valence-corrected chi connectivity index (χ2v) is 4.34. The van der Waals surface area contributed by atoms with E-state index in [2.05, 4.69) is 0 Å². The topological polar surface area (TPSA) is 26.3 Å². The number of Topliss-reactive ketones (excluding diaryl/α,β-unsaturated/α-hetero) is 1. The summed E-state index contributed by atoms with van der Waals surface area (Å²) >= 11 is 6.09. The zero-order chi connectivity index (χ0) is 13.0. The lowest BCUT2D eigenvalue weighted by atomic mass is 10.1. The van der Waals surface area contributed by atoms with Crippen LogP contribution in [-0.2, 0) is 0 Å². The monoisotopic (exact) mass is 260 g/mol. The summed E-state index contributed by atoms with van der Waals surface area (Å²) in [6.07, 6.45) is 0. The molecule has 2 nitrogen and oxygen atoms in total. The molecule has 0 unspecified atom stereocenters. The standard InChI is InChI=1S/C15H13ClO2/c1-11-6-5-9-13(15(11)16)14(17)10-18-12-7-3-2-4-8-12/h2-9H,10H2,1H3. The number of hydrogen-bond donors (Lipinski definition) is 0. The summed E-state index contributed by atoms with van der Waals surface area (Å²) in [6.45, 7) is 1.87. The van der Waals surface area contributed by atoms with Gasteiger partial charge in [-0.15, -0.1) is 0 Å². The van der Waals surface area contributed by atoms with E-state index in [1.165, 1.54) is 0 Å². The first-order chi connectivity index (χ1) is 8.68. The lowest BCUT2D eigenvalue weighted by Gasteiger charge is -2.07. The van der Waals surface area contributed by atoms with E-state index in [9.17, 15) is 4.79 Å². The van der Waals surface area contributed by atoms with E-state index >= 15 is 0 Å². The average Bonchev–Trinajstić information content (AvgIpc) is 2.40. The molecule has 18 heavy (non-hydrogen) atoms. The number of hydrogen-bond acceptors (Lipinski definition) is 2. The smallest absolute Gasteiger partial charge is 0.201 e. The Morgan fingerprint density at radius 1 is 1.11 bits per heavy atom. The van der Waals surface area contributed by atoms with Crippen molar-refractivity contribution in [2.75, 3.05) is 6.61 Å². The molecular weight excluding hydrogens is 248 g/mol. The molecular formula is C15H13ClO2. The Labute approximate surface area is 111 Å². The van der Waals surface area contributed by atoms with Gasteiger partial charge >= 0.3 is 0 Å². The minimum absolute atomic E-state index is 0.00676. The van der Waals surface area contributed by atoms with Gasteiger partial charge in [0, 0.05) is 5.56 Å². The Morgan fingerprint density at radius 2 is 1.83 bits per heavy atom. The van der Waals surface area contributed by atoms with Crippen LogP contribution in [0.25, 0.3) is 0 Å². The van der Waals surface area contributed by atoms with Gasteiger partial charge in [-0.25, -0.2) is 0 Å². The van der Waals surface area contributed by atoms with E-state index in [4.69, 9.17) is 16.3 Å². The van der Waals surface area contributed by atoms with Crippen molar-refractivity contribution < 1.29 is 9.53 Å². The van der Waals surface area contributed by atoms with Crippen LogP contribution < -0.4 is 4.74 Å². The van der Waals surface area contributed by atoms with Gasteiger partial charge in [-0.05, 0) is 30.7 Å². The van der Waals surface area contributed by atoms with Crippen LogP contribution in [0.5, 0.6) is 5.75 Å². The Morgan fingerprint density at radius 3 is 2.56 bits per heavy atom. The van der Waals surface area contributed by atoms with Crippen LogP contribution in [0.15, 0.2) is 48.5 Å². The molecule has 0 atom stereocenters. The van der Waals surface area contributed by atoms with Gasteiger partial charge in [0.15, 0.2) is 6.61 Å². The third-order valence-corrected chi connectivity index (χ3v) is 3.11. The van der Waals surface area contributed by atoms with E-state index in [0.717, 1.165) is 5.56 Å². The summed E-state index contributed by atoms with van der Waals surface area (Å²) in [4.78, 5) is 12.0. The first kappa shape index (κ1) is 12.7. The molecule has 0 spiro atoms. The number of benzene rings is 2. The molecule has 0 bridgehead atoms. The summed E-state index contributed by atoms with van der Waals surface area (Å²) in [6, 6.07) is 14.6. The number of para-hydroxylation sites is 1. The van der Waals surface area contributed by atoms with Crippen LogP contribution in [-0.4, -0.2) is 12.4 Å². The van der Waals surface area contributed by atoms with Gasteiger partial charge in [-0.1, -0.05) is 41.9 Å². The molecule has 0 fully saturated rings. The third kappa shape index (κ3) is 2.90. The summed E-state index contributed by atoms with van der Waals surface area (Å²) in [7, 11) is 0. The molecule has 0 aromatic heterocycles. The highest BCUT2D eigenvalue weighted by atomic mass is 35.5. The number of carbonyl (C=O) groups is 1. The minimum Gasteiger partial charge on any atom is -0.485 e. The minimum atomic E-state index is -0.118. The summed E-state index contributed by atoms with van der Waals surface area (Å²) in [5.41, 5.74) is 1.40. The van der Waals surface area contributed by atoms with Crippen molar-refractivity contribution in [3.05, 3.63) is 64.7 Å². The first-order valence-corrected chi connectivity index (χ1v) is 6.02. The SMILES string of the molecule is Cc1cccc(C(=O)COc2ccccc2)c1Cl. The lowest BCUT2D eigenvalue weighted by Crippen LogP contribution is -2.12. The quantitative estimate of drug-likeness (QED) is 0.779. The van der Waals surface area contributed by atoms with Crippen LogP contribution in [0.4, 0.5) is 0 Å². The summed E-state index contributed by atoms with van der Waals surface area (Å²) in [5.74, 6) is 0.558. The zero-order valence-electron chi connectivity index (χ0n) is 10.0. The van der Waals surface area contributed by atoms with Crippen molar-refractivity contribution in [3.63, 3.8) is 0 Å². The molecule has 2 rings (SSSR count). The van der Waals surface area contributed by atoms with Gasteiger partial charge in [0.2, 0.25) is 5.78 Å². The predicted octanol–water partition coefficient (Wildman–Crippen LogP) is 3.91. The van der Waals surface area contributed by atoms with Crippen molar-refractivity contribution in [1.82, 2.24) is 0 Å². The van der Waals surface area contributed by atoms with Crippen LogP contribution in [0.1, 0.15) is 15.9 Å². The number of rotatable bonds is 4. The van der Waals surface area contributed by atoms with Crippen LogP contribution in [0.3, 0.4) is 0 Å². The molecule has 0 radical (unpaired) electrons. The van der Waals surface area contributed by atoms with Crippen LogP contribution in [0.2, 0.25) is 5.02 Å². The van der Waals surface area contributed by atoms with Gasteiger partial charge in [-0.3, -0.25) is 4.79 Å². The fourth-order valence-electron chi connectivity index (χ4n) is 1.61. The second-order valence-electron chi connectivity index (χ2n) is 3.96. The fourth-order valence-corrected chi connectivity index (χ4v) is 1.84. The van der Waals surface area contributed by atoms with E-state index in [1.54, 1.807) is 6.07 Å². The maximum atomic E-state index is 12.0. The van der Waals surface area contributed by atoms with E-state index < -0.39 is 0 Å². The van der Waals surface area contributed by atoms with E-state index in [0.29, 0.717) is 16.3 Å². The predicted molar refractivity (Wildman–Crippen MR) is 72.5 cm³/mol. The molecule has 0 saturated heterocycles. The Hall–Kier alpha value is -1.80. The van der Waals surface area contributed by atoms with Crippen LogP contribution >= 0.6 is 11.6 Å². The van der Waals surface area contributed by atoms with Gasteiger partial charge in [0.05, 0.1) is 5.02 Å². The molecule has 0 saturated carbocycles. The van der Waals surface area contributed by atoms with Crippen molar-refractivity contribution in [2.45, 2.75) is 6.92 Å². The highest BCUT2D eigenvalue weighted by Gasteiger charge is 2.12. The molecule has 0 aliphatic heterocycles. The Balaban J connectivity index is 2.07. The van der Waals surface area contributed by atoms with E-state index in [-0.39, 0.29) is 12.4 Å². The highest BCUT2D eigenvalue weighted by molar-refractivity contribution is 6.34. The highest BCUT2D eigenvalue weighted by Crippen LogP contribution is 2.21. The normalized spacial score (nSPS) is 10.1. The molecule has 0 amide bonds. The maximum absolute atomic E-state index is 12.0. The van der Waals surface area contributed by atoms with Gasteiger partial charge in [0.1, 0.15) is 5.75 Å². The third-order valence-electron chi connectivity index (χ3n) is 2.61. The number of aryl methyl sites for hydroxylation is 1. The number of halogens is 1. The maximum Gasteiger partial charge on any atom is 0.201 e. The summed E-state index contributed by atoms with van der Waals surface area (Å²) in [5, 5.41) is 0.499. The first-order valence-electron chi connectivity index (χ1n) is 5.64. The molecule has 0 heterocycles. The number of ketones is 1. The van der Waals surface area contributed by atoms with Crippen molar-refractivity contribution in [3.8, 4) is 5.75 Å². The molecule has 2 aromatic carbocycles. The molecule has 3 heteroatoms. The van der Waals surface area contributed by atoms with E-state index in [1.807, 2.05) is 49.4 Å². The molecule has 0 aliphatic rings. The molecule has 92 valence electrons. The van der Waals surface area contributed by atoms with Crippen molar-refractivity contribution in [2.24, 2.45) is 0 Å². The summed E-state index contributed by atoms with van der Waals surface area (Å²) < 4.78 is 5.41. The van der Waals surface area contributed by atoms with Crippen molar-refractivity contribution >= 4 is 17.4 Å². The Bertz CT molecular complexity index is 550. The van der Waals surface area contributed by atoms with Gasteiger partial charge < -0.3 is 4.74 Å². The van der Waals surface area contributed by atoms with Crippen molar-refractivity contribution in [1.29, 1.82) is 0 Å². The number of ether oxygens (including phenoxy) is 1. The Kier molecular flexibility index (Phi) is 4.00. The average molecular weight is 261 g/mol. The number of carbonyl (C=O) groups excluding carboxylic acids is 1. The zero-order valence-corrected chi connectivity index (χ0v) is 10.8.